The van der Waals surface area contributed by atoms with Gasteiger partial charge in [0.1, 0.15) is 11.4 Å². The second-order valence-electron chi connectivity index (χ2n) is 3.50. The first-order chi connectivity index (χ1) is 8.50. The number of nitrogens with zero attached hydrogens (tertiary/aromatic N) is 2. The van der Waals surface area contributed by atoms with Crippen LogP contribution in [0.2, 0.25) is 0 Å². The molecule has 0 aliphatic carbocycles. The molecule has 18 heavy (non-hydrogen) atoms. The molecule has 3 nitrogen and oxygen atoms in total. The van der Waals surface area contributed by atoms with Gasteiger partial charge in [-0.2, -0.15) is 13.2 Å². The van der Waals surface area contributed by atoms with Gasteiger partial charge in [-0.1, -0.05) is 6.07 Å². The molecule has 0 aliphatic rings. The van der Waals surface area contributed by atoms with Crippen molar-refractivity contribution in [3.05, 3.63) is 47.9 Å². The van der Waals surface area contributed by atoms with E-state index < -0.39 is 11.9 Å². The number of carbonyl (C=O) groups excluding carboxylic acids is 1. The zero-order valence-electron chi connectivity index (χ0n) is 8.98. The molecule has 0 radical (unpaired) electrons. The maximum atomic E-state index is 12.3. The molecule has 0 amide bonds. The van der Waals surface area contributed by atoms with Crippen LogP contribution in [0.25, 0.3) is 11.3 Å². The Kier molecular flexibility index (Phi) is 3.10. The van der Waals surface area contributed by atoms with Crippen LogP contribution < -0.4 is 0 Å². The first-order valence-electron chi connectivity index (χ1n) is 4.96. The van der Waals surface area contributed by atoms with Crippen molar-refractivity contribution in [1.82, 2.24) is 9.97 Å². The van der Waals surface area contributed by atoms with Crippen LogP contribution in [-0.2, 0) is 6.18 Å². The predicted octanol–water partition coefficient (Wildman–Crippen LogP) is 2.97. The first kappa shape index (κ1) is 12.2. The van der Waals surface area contributed by atoms with Crippen molar-refractivity contribution >= 4 is 6.29 Å². The molecule has 0 saturated heterocycles. The molecule has 0 saturated carbocycles. The van der Waals surface area contributed by atoms with E-state index in [-0.39, 0.29) is 5.69 Å². The van der Waals surface area contributed by atoms with Gasteiger partial charge >= 0.3 is 6.18 Å². The molecule has 0 N–H and O–H groups in total. The lowest BCUT2D eigenvalue weighted by molar-refractivity contribution is -0.141. The fraction of sp³-hybridized carbons (Fsp3) is 0.0833. The molecule has 2 heterocycles. The van der Waals surface area contributed by atoms with Gasteiger partial charge in [0.2, 0.25) is 0 Å². The van der Waals surface area contributed by atoms with E-state index in [1.807, 2.05) is 0 Å². The Morgan fingerprint density at radius 2 is 1.89 bits per heavy atom. The van der Waals surface area contributed by atoms with E-state index >= 15 is 0 Å². The van der Waals surface area contributed by atoms with Gasteiger partial charge < -0.3 is 0 Å². The second-order valence-corrected chi connectivity index (χ2v) is 3.50. The highest BCUT2D eigenvalue weighted by atomic mass is 19.4. The molecule has 0 bridgehead atoms. The summed E-state index contributed by atoms with van der Waals surface area (Å²) < 4.78 is 36.9. The molecular weight excluding hydrogens is 245 g/mol. The van der Waals surface area contributed by atoms with Crippen molar-refractivity contribution in [1.29, 1.82) is 0 Å². The lowest BCUT2D eigenvalue weighted by Gasteiger charge is -2.06. The van der Waals surface area contributed by atoms with Crippen molar-refractivity contribution in [3.63, 3.8) is 0 Å². The topological polar surface area (TPSA) is 42.9 Å². The zero-order valence-corrected chi connectivity index (χ0v) is 8.98. The summed E-state index contributed by atoms with van der Waals surface area (Å²) in [6.07, 6.45) is -2.81. The highest BCUT2D eigenvalue weighted by Crippen LogP contribution is 2.28. The lowest BCUT2D eigenvalue weighted by Crippen LogP contribution is -2.07. The summed E-state index contributed by atoms with van der Waals surface area (Å²) in [7, 11) is 0. The van der Waals surface area contributed by atoms with E-state index in [9.17, 15) is 18.0 Å². The van der Waals surface area contributed by atoms with E-state index in [1.165, 1.54) is 12.1 Å². The number of carbonyl (C=O) groups is 1. The lowest BCUT2D eigenvalue weighted by atomic mass is 10.1. The number of aldehydes is 1. The highest BCUT2D eigenvalue weighted by Gasteiger charge is 2.32. The van der Waals surface area contributed by atoms with Crippen LogP contribution in [0, 0.1) is 0 Å². The molecule has 6 heteroatoms. The number of halogens is 3. The summed E-state index contributed by atoms with van der Waals surface area (Å²) in [5.74, 6) is 0. The number of rotatable bonds is 2. The van der Waals surface area contributed by atoms with Crippen LogP contribution in [0.5, 0.6) is 0 Å². The summed E-state index contributed by atoms with van der Waals surface area (Å²) in [5.41, 5.74) is 0.0812. The summed E-state index contributed by atoms with van der Waals surface area (Å²) in [4.78, 5) is 17.8. The van der Waals surface area contributed by atoms with Crippen molar-refractivity contribution in [3.8, 4) is 11.3 Å². The Morgan fingerprint density at radius 3 is 2.44 bits per heavy atom. The average molecular weight is 252 g/mol. The summed E-state index contributed by atoms with van der Waals surface area (Å²) in [6.45, 7) is 0. The minimum Gasteiger partial charge on any atom is -0.296 e. The highest BCUT2D eigenvalue weighted by molar-refractivity contribution is 5.73. The number of hydrogen-bond donors (Lipinski definition) is 0. The first-order valence-corrected chi connectivity index (χ1v) is 4.96. The third-order valence-corrected chi connectivity index (χ3v) is 2.24. The minimum atomic E-state index is -4.46. The van der Waals surface area contributed by atoms with Crippen LogP contribution in [-0.4, -0.2) is 16.3 Å². The van der Waals surface area contributed by atoms with Crippen molar-refractivity contribution in [2.75, 3.05) is 0 Å². The molecule has 0 aromatic carbocycles. The molecule has 0 fully saturated rings. The second kappa shape index (κ2) is 4.56. The van der Waals surface area contributed by atoms with Crippen molar-refractivity contribution in [2.24, 2.45) is 0 Å². The van der Waals surface area contributed by atoms with Crippen LogP contribution >= 0.6 is 0 Å². The van der Waals surface area contributed by atoms with Gasteiger partial charge in [-0.15, -0.1) is 0 Å². The van der Waals surface area contributed by atoms with Gasteiger partial charge in [0, 0.05) is 11.8 Å². The van der Waals surface area contributed by atoms with Crippen LogP contribution in [0.4, 0.5) is 13.2 Å². The van der Waals surface area contributed by atoms with E-state index in [1.54, 1.807) is 12.1 Å². The summed E-state index contributed by atoms with van der Waals surface area (Å²) in [5, 5.41) is 0. The quantitative estimate of drug-likeness (QED) is 0.771. The molecule has 2 rings (SSSR count). The largest absolute Gasteiger partial charge is 0.433 e. The molecule has 0 aliphatic heterocycles. The molecule has 2 aromatic heterocycles. The minimum absolute atomic E-state index is 0.215. The normalized spacial score (nSPS) is 11.3. The van der Waals surface area contributed by atoms with Gasteiger partial charge in [-0.3, -0.25) is 9.78 Å². The standard InChI is InChI=1S/C12H7F3N2O/c13-12(14,15)11-5-4-8(6-16-11)10-3-1-2-9(7-18)17-10/h1-7H. The monoisotopic (exact) mass is 252 g/mol. The molecular formula is C12H7F3N2O. The predicted molar refractivity (Wildman–Crippen MR) is 57.9 cm³/mol. The number of hydrogen-bond acceptors (Lipinski definition) is 3. The van der Waals surface area contributed by atoms with Gasteiger partial charge in [-0.05, 0) is 24.3 Å². The Morgan fingerprint density at radius 1 is 1.11 bits per heavy atom. The van der Waals surface area contributed by atoms with Crippen LogP contribution in [0.3, 0.4) is 0 Å². The van der Waals surface area contributed by atoms with Gasteiger partial charge in [0.25, 0.3) is 0 Å². The summed E-state index contributed by atoms with van der Waals surface area (Å²) >= 11 is 0. The maximum Gasteiger partial charge on any atom is 0.433 e. The van der Waals surface area contributed by atoms with Gasteiger partial charge in [-0.25, -0.2) is 4.98 Å². The number of pyridine rings is 2. The SMILES string of the molecule is O=Cc1cccc(-c2ccc(C(F)(F)F)nc2)n1. The molecule has 0 spiro atoms. The third kappa shape index (κ3) is 2.53. The van der Waals surface area contributed by atoms with Crippen LogP contribution in [0.1, 0.15) is 16.2 Å². The Bertz CT molecular complexity index is 564. The van der Waals surface area contributed by atoms with E-state index in [0.717, 1.165) is 12.3 Å². The third-order valence-electron chi connectivity index (χ3n) is 2.24. The Hall–Kier alpha value is -2.24. The fourth-order valence-electron chi connectivity index (χ4n) is 1.39. The van der Waals surface area contributed by atoms with E-state index in [4.69, 9.17) is 0 Å². The maximum absolute atomic E-state index is 12.3. The Balaban J connectivity index is 2.37. The van der Waals surface area contributed by atoms with Crippen LogP contribution in [0.15, 0.2) is 36.5 Å². The number of alkyl halides is 3. The fourth-order valence-corrected chi connectivity index (χ4v) is 1.39. The molecule has 2 aromatic rings. The van der Waals surface area contributed by atoms with Gasteiger partial charge in [0.05, 0.1) is 5.69 Å². The summed E-state index contributed by atoms with van der Waals surface area (Å²) in [6, 6.07) is 6.85. The average Bonchev–Trinajstić information content (AvgIpc) is 2.38. The smallest absolute Gasteiger partial charge is 0.296 e. The molecule has 0 atom stereocenters. The molecule has 92 valence electrons. The number of aromatic nitrogens is 2. The van der Waals surface area contributed by atoms with E-state index in [0.29, 0.717) is 17.5 Å². The van der Waals surface area contributed by atoms with Crippen molar-refractivity contribution in [2.45, 2.75) is 6.18 Å². The van der Waals surface area contributed by atoms with Crippen molar-refractivity contribution < 1.29 is 18.0 Å². The molecule has 0 unspecified atom stereocenters. The van der Waals surface area contributed by atoms with Gasteiger partial charge in [0.15, 0.2) is 6.29 Å². The van der Waals surface area contributed by atoms with E-state index in [2.05, 4.69) is 9.97 Å². The Labute approximate surface area is 100 Å². The zero-order chi connectivity index (χ0) is 13.2.